The Morgan fingerprint density at radius 2 is 1.93 bits per heavy atom. The summed E-state index contributed by atoms with van der Waals surface area (Å²) in [5, 5.41) is 0. The number of hydrazine groups is 1. The Labute approximate surface area is 169 Å². The third-order valence-corrected chi connectivity index (χ3v) is 6.36. The second kappa shape index (κ2) is 8.08. The number of carbonyl (C=O) groups excluding carboxylic acids is 1. The quantitative estimate of drug-likeness (QED) is 0.830. The molecule has 2 aliphatic rings. The molecule has 4 rings (SSSR count). The molecule has 7 heteroatoms. The molecule has 2 fully saturated rings. The molecule has 0 radical (unpaired) electrons. The van der Waals surface area contributed by atoms with E-state index in [9.17, 15) is 14.0 Å². The first-order chi connectivity index (χ1) is 14.0. The minimum absolute atomic E-state index is 0.150. The molecule has 3 atom stereocenters. The summed E-state index contributed by atoms with van der Waals surface area (Å²) in [7, 11) is 1.69. The lowest BCUT2D eigenvalue weighted by Gasteiger charge is -2.37. The van der Waals surface area contributed by atoms with Crippen molar-refractivity contribution in [2.24, 2.45) is 13.0 Å². The SMILES string of the molecule is Cc1ccc(C(=O)N2CCCC(C3NNCC3c3ccc(F)cc3)C2)c(=O)n1C. The molecule has 1 aromatic carbocycles. The van der Waals surface area contributed by atoms with E-state index in [-0.39, 0.29) is 40.7 Å². The predicted molar refractivity (Wildman–Crippen MR) is 109 cm³/mol. The van der Waals surface area contributed by atoms with E-state index < -0.39 is 0 Å². The predicted octanol–water partition coefficient (Wildman–Crippen LogP) is 1.95. The van der Waals surface area contributed by atoms with Gasteiger partial charge < -0.3 is 9.47 Å². The summed E-state index contributed by atoms with van der Waals surface area (Å²) in [5.74, 6) is 0.0351. The Kier molecular flexibility index (Phi) is 5.52. The Hall–Kier alpha value is -2.51. The number of nitrogens with zero attached hydrogens (tertiary/aromatic N) is 2. The molecule has 0 spiro atoms. The first-order valence-corrected chi connectivity index (χ1v) is 10.2. The highest BCUT2D eigenvalue weighted by Gasteiger charge is 2.38. The van der Waals surface area contributed by atoms with Gasteiger partial charge in [-0.3, -0.25) is 20.4 Å². The fraction of sp³-hybridized carbons (Fsp3) is 0.455. The van der Waals surface area contributed by atoms with Gasteiger partial charge in [0.05, 0.1) is 0 Å². The number of hydrogen-bond donors (Lipinski definition) is 2. The maximum absolute atomic E-state index is 13.3. The lowest BCUT2D eigenvalue weighted by Crippen LogP contribution is -2.49. The zero-order chi connectivity index (χ0) is 20.5. The fourth-order valence-electron chi connectivity index (χ4n) is 4.54. The van der Waals surface area contributed by atoms with Gasteiger partial charge in [0, 0.05) is 44.3 Å². The summed E-state index contributed by atoms with van der Waals surface area (Å²) in [6.45, 7) is 3.88. The van der Waals surface area contributed by atoms with Gasteiger partial charge in [0.15, 0.2) is 0 Å². The molecule has 2 saturated heterocycles. The Morgan fingerprint density at radius 3 is 2.69 bits per heavy atom. The van der Waals surface area contributed by atoms with Crippen LogP contribution in [-0.4, -0.2) is 41.1 Å². The standard InChI is InChI=1S/C22H27FN4O2/c1-14-5-10-18(21(28)26(14)2)22(29)27-11-3-4-16(13-27)20-19(12-24-25-20)15-6-8-17(23)9-7-15/h5-10,16,19-20,24-25H,3-4,11-13H2,1-2H3. The van der Waals surface area contributed by atoms with E-state index in [1.807, 2.05) is 30.0 Å². The van der Waals surface area contributed by atoms with Gasteiger partial charge in [-0.2, -0.15) is 0 Å². The normalized spacial score (nSPS) is 24.7. The first-order valence-electron chi connectivity index (χ1n) is 10.2. The lowest BCUT2D eigenvalue weighted by atomic mass is 9.81. The monoisotopic (exact) mass is 398 g/mol. The minimum atomic E-state index is -0.248. The maximum Gasteiger partial charge on any atom is 0.263 e. The Bertz CT molecular complexity index is 956. The molecule has 3 heterocycles. The van der Waals surface area contributed by atoms with Gasteiger partial charge in [0.25, 0.3) is 11.5 Å². The van der Waals surface area contributed by atoms with E-state index in [4.69, 9.17) is 0 Å². The molecular weight excluding hydrogens is 371 g/mol. The molecule has 1 amide bonds. The zero-order valence-corrected chi connectivity index (χ0v) is 16.8. The van der Waals surface area contributed by atoms with Crippen molar-refractivity contribution in [3.63, 3.8) is 0 Å². The van der Waals surface area contributed by atoms with Crippen molar-refractivity contribution >= 4 is 5.91 Å². The van der Waals surface area contributed by atoms with E-state index in [0.29, 0.717) is 13.1 Å². The molecule has 0 aliphatic carbocycles. The topological polar surface area (TPSA) is 66.4 Å². The summed E-state index contributed by atoms with van der Waals surface area (Å²) >= 11 is 0. The molecule has 29 heavy (non-hydrogen) atoms. The molecule has 0 bridgehead atoms. The van der Waals surface area contributed by atoms with E-state index in [1.165, 1.54) is 16.7 Å². The van der Waals surface area contributed by atoms with Gasteiger partial charge >= 0.3 is 0 Å². The smallest absolute Gasteiger partial charge is 0.263 e. The average molecular weight is 398 g/mol. The van der Waals surface area contributed by atoms with Gasteiger partial charge in [-0.15, -0.1) is 0 Å². The average Bonchev–Trinajstić information content (AvgIpc) is 3.22. The maximum atomic E-state index is 13.3. The van der Waals surface area contributed by atoms with Gasteiger partial charge in [0.1, 0.15) is 11.4 Å². The molecule has 6 nitrogen and oxygen atoms in total. The number of carbonyl (C=O) groups is 1. The number of amides is 1. The van der Waals surface area contributed by atoms with E-state index in [0.717, 1.165) is 30.6 Å². The van der Waals surface area contributed by atoms with Crippen molar-refractivity contribution in [2.75, 3.05) is 19.6 Å². The molecule has 3 unspecified atom stereocenters. The van der Waals surface area contributed by atoms with Crippen molar-refractivity contribution in [2.45, 2.75) is 31.7 Å². The Morgan fingerprint density at radius 1 is 1.17 bits per heavy atom. The highest BCUT2D eigenvalue weighted by Crippen LogP contribution is 2.32. The van der Waals surface area contributed by atoms with Crippen LogP contribution in [0.15, 0.2) is 41.2 Å². The largest absolute Gasteiger partial charge is 0.338 e. The number of pyridine rings is 1. The van der Waals surface area contributed by atoms with Crippen molar-refractivity contribution in [1.29, 1.82) is 0 Å². The van der Waals surface area contributed by atoms with Crippen LogP contribution < -0.4 is 16.4 Å². The van der Waals surface area contributed by atoms with Crippen LogP contribution >= 0.6 is 0 Å². The van der Waals surface area contributed by atoms with Gasteiger partial charge in [-0.1, -0.05) is 12.1 Å². The van der Waals surface area contributed by atoms with Crippen LogP contribution in [0, 0.1) is 18.7 Å². The number of piperidine rings is 1. The number of benzene rings is 1. The van der Waals surface area contributed by atoms with E-state index in [2.05, 4.69) is 10.9 Å². The second-order valence-electron chi connectivity index (χ2n) is 8.12. The molecular formula is C22H27FN4O2. The highest BCUT2D eigenvalue weighted by atomic mass is 19.1. The number of likely N-dealkylation sites (tertiary alicyclic amines) is 1. The zero-order valence-electron chi connectivity index (χ0n) is 16.8. The number of aromatic nitrogens is 1. The molecule has 2 aliphatic heterocycles. The fourth-order valence-corrected chi connectivity index (χ4v) is 4.54. The van der Waals surface area contributed by atoms with Gasteiger partial charge in [0.2, 0.25) is 0 Å². The molecule has 154 valence electrons. The van der Waals surface area contributed by atoms with Crippen molar-refractivity contribution in [1.82, 2.24) is 20.3 Å². The number of halogens is 1. The highest BCUT2D eigenvalue weighted by molar-refractivity contribution is 5.94. The van der Waals surface area contributed by atoms with Crippen LogP contribution in [-0.2, 0) is 7.05 Å². The lowest BCUT2D eigenvalue weighted by molar-refractivity contribution is 0.0642. The van der Waals surface area contributed by atoms with Gasteiger partial charge in [-0.05, 0) is 55.5 Å². The van der Waals surface area contributed by atoms with Crippen LogP contribution in [0.1, 0.15) is 40.4 Å². The number of rotatable bonds is 3. The second-order valence-corrected chi connectivity index (χ2v) is 8.12. The third-order valence-electron chi connectivity index (χ3n) is 6.36. The van der Waals surface area contributed by atoms with Crippen molar-refractivity contribution < 1.29 is 9.18 Å². The van der Waals surface area contributed by atoms with E-state index >= 15 is 0 Å². The van der Waals surface area contributed by atoms with Crippen molar-refractivity contribution in [3.05, 3.63) is 69.4 Å². The molecule has 2 N–H and O–H groups in total. The van der Waals surface area contributed by atoms with Crippen LogP contribution in [0.25, 0.3) is 0 Å². The van der Waals surface area contributed by atoms with Crippen molar-refractivity contribution in [3.8, 4) is 0 Å². The van der Waals surface area contributed by atoms with Crippen LogP contribution in [0.3, 0.4) is 0 Å². The Balaban J connectivity index is 1.52. The summed E-state index contributed by atoms with van der Waals surface area (Å²) in [5.41, 5.74) is 8.49. The number of hydrogen-bond acceptors (Lipinski definition) is 4. The third kappa shape index (κ3) is 3.84. The number of nitrogens with one attached hydrogen (secondary N) is 2. The first kappa shape index (κ1) is 19.8. The van der Waals surface area contributed by atoms with Crippen LogP contribution in [0.5, 0.6) is 0 Å². The summed E-state index contributed by atoms with van der Waals surface area (Å²) < 4.78 is 14.8. The summed E-state index contributed by atoms with van der Waals surface area (Å²) in [6.07, 6.45) is 1.91. The number of aryl methyl sites for hydroxylation is 1. The molecule has 0 saturated carbocycles. The van der Waals surface area contributed by atoms with Crippen LogP contribution in [0.2, 0.25) is 0 Å². The minimum Gasteiger partial charge on any atom is -0.338 e. The summed E-state index contributed by atoms with van der Waals surface area (Å²) in [6, 6.07) is 10.3. The van der Waals surface area contributed by atoms with Crippen LogP contribution in [0.4, 0.5) is 4.39 Å². The van der Waals surface area contributed by atoms with E-state index in [1.54, 1.807) is 13.1 Å². The molecule has 1 aromatic heterocycles. The summed E-state index contributed by atoms with van der Waals surface area (Å²) in [4.78, 5) is 27.4. The van der Waals surface area contributed by atoms with Gasteiger partial charge in [-0.25, -0.2) is 4.39 Å². The molecule has 2 aromatic rings.